The van der Waals surface area contributed by atoms with Gasteiger partial charge < -0.3 is 25.0 Å². The first-order valence-electron chi connectivity index (χ1n) is 13.4. The smallest absolute Gasteiger partial charge is 0.247 e. The summed E-state index contributed by atoms with van der Waals surface area (Å²) >= 11 is 0. The van der Waals surface area contributed by atoms with E-state index in [9.17, 15) is 10.1 Å². The highest BCUT2D eigenvalue weighted by atomic mass is 16.1. The highest BCUT2D eigenvalue weighted by molar-refractivity contribution is 6.02. The van der Waals surface area contributed by atoms with Gasteiger partial charge in [-0.1, -0.05) is 24.8 Å². The van der Waals surface area contributed by atoms with Crippen LogP contribution in [0.15, 0.2) is 55.4 Å². The molecule has 0 unspecified atom stereocenters. The third kappa shape index (κ3) is 5.26. The van der Waals surface area contributed by atoms with Crippen molar-refractivity contribution in [3.8, 4) is 17.3 Å². The molecule has 3 heterocycles. The molecule has 1 aliphatic rings. The van der Waals surface area contributed by atoms with Crippen molar-refractivity contribution in [1.29, 1.82) is 5.26 Å². The Labute approximate surface area is 234 Å². The summed E-state index contributed by atoms with van der Waals surface area (Å²) in [6, 6.07) is 12.5. The lowest BCUT2D eigenvalue weighted by Crippen LogP contribution is -2.29. The van der Waals surface area contributed by atoms with E-state index in [2.05, 4.69) is 67.0 Å². The number of likely N-dealkylation sites (N-methyl/N-ethyl adjacent to an activating group) is 2. The van der Waals surface area contributed by atoms with E-state index in [1.807, 2.05) is 40.2 Å². The maximum Gasteiger partial charge on any atom is 0.247 e. The van der Waals surface area contributed by atoms with Gasteiger partial charge in [0.05, 0.1) is 34.3 Å². The second-order valence-corrected chi connectivity index (χ2v) is 10.4. The number of anilines is 4. The van der Waals surface area contributed by atoms with Crippen LogP contribution in [0.1, 0.15) is 23.1 Å². The Morgan fingerprint density at radius 2 is 2.05 bits per heavy atom. The maximum atomic E-state index is 12.3. The summed E-state index contributed by atoms with van der Waals surface area (Å²) in [6.07, 6.45) is 7.06. The Kier molecular flexibility index (Phi) is 7.54. The Morgan fingerprint density at radius 1 is 1.23 bits per heavy atom. The van der Waals surface area contributed by atoms with Crippen molar-refractivity contribution >= 4 is 39.8 Å². The number of aromatic nitrogens is 3. The van der Waals surface area contributed by atoms with Crippen LogP contribution in [0.25, 0.3) is 22.2 Å². The molecule has 0 aliphatic carbocycles. The maximum absolute atomic E-state index is 12.3. The van der Waals surface area contributed by atoms with Crippen LogP contribution in [-0.2, 0) is 17.8 Å². The van der Waals surface area contributed by atoms with E-state index in [0.29, 0.717) is 22.9 Å². The number of benzene rings is 2. The highest BCUT2D eigenvalue weighted by Gasteiger charge is 2.21. The average molecular weight is 535 g/mol. The van der Waals surface area contributed by atoms with Gasteiger partial charge in [-0.05, 0) is 63.2 Å². The van der Waals surface area contributed by atoms with E-state index in [0.717, 1.165) is 60.4 Å². The molecule has 0 saturated carbocycles. The number of carbonyl (C=O) groups is 1. The number of nitrogens with zero attached hydrogens (tertiary/aromatic N) is 6. The topological polar surface area (TPSA) is 102 Å². The summed E-state index contributed by atoms with van der Waals surface area (Å²) in [7, 11) is 6.06. The molecule has 0 saturated heterocycles. The molecule has 0 atom stereocenters. The van der Waals surface area contributed by atoms with Crippen LogP contribution < -0.4 is 15.5 Å². The number of nitrogens with one attached hydrogen (secondary N) is 2. The van der Waals surface area contributed by atoms with Crippen molar-refractivity contribution in [2.24, 2.45) is 0 Å². The fourth-order valence-electron chi connectivity index (χ4n) is 5.19. The molecule has 9 heteroatoms. The van der Waals surface area contributed by atoms with Crippen molar-refractivity contribution in [3.05, 3.63) is 72.1 Å². The molecule has 2 aromatic carbocycles. The lowest BCUT2D eigenvalue weighted by Gasteiger charge is -2.25. The first-order chi connectivity index (χ1) is 19.3. The Morgan fingerprint density at radius 3 is 2.80 bits per heavy atom. The minimum absolute atomic E-state index is 0.290. The van der Waals surface area contributed by atoms with Crippen molar-refractivity contribution in [3.63, 3.8) is 0 Å². The zero-order valence-corrected chi connectivity index (χ0v) is 23.5. The van der Waals surface area contributed by atoms with Crippen molar-refractivity contribution in [1.82, 2.24) is 19.4 Å². The normalized spacial score (nSPS) is 12.3. The van der Waals surface area contributed by atoms with E-state index in [-0.39, 0.29) is 5.91 Å². The van der Waals surface area contributed by atoms with Crippen LogP contribution in [0.5, 0.6) is 0 Å². The van der Waals surface area contributed by atoms with Crippen LogP contribution in [-0.4, -0.2) is 59.6 Å². The standard InChI is InChI=1S/C31H34N8O/c1-6-28(40)34-26-16-25(20(2)15-27(26)38(5)14-13-37(3)4)35-31-33-18-22(17-32)29(36-31)24-19-39-12-8-10-21-9-7-11-23(24)30(21)39/h6-7,9,11,15-16,18-19H,1,8,10,12-14H2,2-5H3,(H,34,40)(H,33,35,36). The van der Waals surface area contributed by atoms with Crippen molar-refractivity contribution in [2.45, 2.75) is 26.3 Å². The van der Waals surface area contributed by atoms with Gasteiger partial charge >= 0.3 is 0 Å². The number of carbonyl (C=O) groups excluding carboxylic acids is 1. The van der Waals surface area contributed by atoms with Gasteiger partial charge in [-0.2, -0.15) is 5.26 Å². The molecule has 0 bridgehead atoms. The van der Waals surface area contributed by atoms with Crippen LogP contribution in [0.4, 0.5) is 23.0 Å². The summed E-state index contributed by atoms with van der Waals surface area (Å²) in [5.41, 5.74) is 7.75. The number of rotatable bonds is 9. The summed E-state index contributed by atoms with van der Waals surface area (Å²) in [5, 5.41) is 17.3. The number of hydrogen-bond donors (Lipinski definition) is 2. The second-order valence-electron chi connectivity index (χ2n) is 10.4. The molecule has 2 N–H and O–H groups in total. The first-order valence-corrected chi connectivity index (χ1v) is 13.4. The quantitative estimate of drug-likeness (QED) is 0.288. The molecule has 9 nitrogen and oxygen atoms in total. The molecular weight excluding hydrogens is 500 g/mol. The van der Waals surface area contributed by atoms with Gasteiger partial charge in [0.15, 0.2) is 0 Å². The van der Waals surface area contributed by atoms with E-state index in [1.54, 1.807) is 6.20 Å². The number of amides is 1. The Bertz CT molecular complexity index is 1650. The Hall–Kier alpha value is -4.68. The molecule has 1 amide bonds. The first kappa shape index (κ1) is 26.9. The largest absolute Gasteiger partial charge is 0.372 e. The predicted octanol–water partition coefficient (Wildman–Crippen LogP) is 5.09. The van der Waals surface area contributed by atoms with E-state index in [1.165, 1.54) is 17.2 Å². The van der Waals surface area contributed by atoms with Gasteiger partial charge in [0.25, 0.3) is 0 Å². The summed E-state index contributed by atoms with van der Waals surface area (Å²) in [4.78, 5) is 25.8. The van der Waals surface area contributed by atoms with Gasteiger partial charge in [-0.15, -0.1) is 0 Å². The number of para-hydroxylation sites is 1. The van der Waals surface area contributed by atoms with E-state index >= 15 is 0 Å². The molecule has 40 heavy (non-hydrogen) atoms. The average Bonchev–Trinajstić information content (AvgIpc) is 3.33. The summed E-state index contributed by atoms with van der Waals surface area (Å²) < 4.78 is 2.27. The molecule has 0 radical (unpaired) electrons. The van der Waals surface area contributed by atoms with Crippen LogP contribution in [0.2, 0.25) is 0 Å². The molecule has 1 aliphatic heterocycles. The number of nitriles is 1. The van der Waals surface area contributed by atoms with Crippen molar-refractivity contribution in [2.75, 3.05) is 49.8 Å². The SMILES string of the molecule is C=CC(=O)Nc1cc(Nc2ncc(C#N)c(-c3cn4c5c(cccc35)CCC4)n2)c(C)cc1N(C)CCN(C)C. The van der Waals surface area contributed by atoms with Gasteiger partial charge in [0.1, 0.15) is 6.07 Å². The molecule has 5 rings (SSSR count). The molecule has 204 valence electrons. The monoisotopic (exact) mass is 534 g/mol. The minimum atomic E-state index is -0.290. The van der Waals surface area contributed by atoms with Crippen molar-refractivity contribution < 1.29 is 4.79 Å². The number of aryl methyl sites for hydroxylation is 3. The lowest BCUT2D eigenvalue weighted by molar-refractivity contribution is -0.111. The second kappa shape index (κ2) is 11.2. The third-order valence-electron chi connectivity index (χ3n) is 7.32. The van der Waals surface area contributed by atoms with Gasteiger partial charge in [0, 0.05) is 49.5 Å². The zero-order chi connectivity index (χ0) is 28.4. The van der Waals surface area contributed by atoms with Gasteiger partial charge in [-0.3, -0.25) is 4.79 Å². The predicted molar refractivity (Wildman–Crippen MR) is 161 cm³/mol. The zero-order valence-electron chi connectivity index (χ0n) is 23.5. The fraction of sp³-hybridized carbons (Fsp3) is 0.290. The van der Waals surface area contributed by atoms with Crippen LogP contribution >= 0.6 is 0 Å². The lowest BCUT2D eigenvalue weighted by atomic mass is 10.0. The van der Waals surface area contributed by atoms with E-state index in [4.69, 9.17) is 4.98 Å². The highest BCUT2D eigenvalue weighted by Crippen LogP contribution is 2.37. The third-order valence-corrected chi connectivity index (χ3v) is 7.32. The fourth-order valence-corrected chi connectivity index (χ4v) is 5.19. The summed E-state index contributed by atoms with van der Waals surface area (Å²) in [5.74, 6) is 0.0841. The number of hydrogen-bond acceptors (Lipinski definition) is 7. The van der Waals surface area contributed by atoms with E-state index < -0.39 is 0 Å². The van der Waals surface area contributed by atoms with Gasteiger partial charge in [-0.25, -0.2) is 9.97 Å². The molecule has 0 spiro atoms. The Balaban J connectivity index is 1.53. The van der Waals surface area contributed by atoms with Crippen LogP contribution in [0, 0.1) is 18.3 Å². The molecular formula is C31H34N8O. The molecule has 4 aromatic rings. The summed E-state index contributed by atoms with van der Waals surface area (Å²) in [6.45, 7) is 8.19. The van der Waals surface area contributed by atoms with Gasteiger partial charge in [0.2, 0.25) is 11.9 Å². The molecule has 2 aromatic heterocycles. The van der Waals surface area contributed by atoms with Crippen LogP contribution in [0.3, 0.4) is 0 Å². The minimum Gasteiger partial charge on any atom is -0.372 e. The molecule has 0 fully saturated rings.